The summed E-state index contributed by atoms with van der Waals surface area (Å²) in [5, 5.41) is 11.4. The van der Waals surface area contributed by atoms with E-state index >= 15 is 0 Å². The molecular weight excluding hydrogens is 464 g/mol. The lowest BCUT2D eigenvalue weighted by Crippen LogP contribution is -2.29. The highest BCUT2D eigenvalue weighted by atomic mass is 16.5. The van der Waals surface area contributed by atoms with Crippen LogP contribution in [0, 0.1) is 6.92 Å². The average molecular weight is 497 g/mol. The number of carbonyl (C=O) groups excluding carboxylic acids is 2. The zero-order valence-corrected chi connectivity index (χ0v) is 21.5. The van der Waals surface area contributed by atoms with E-state index in [9.17, 15) is 14.7 Å². The number of Topliss-reactive ketones (excluding diaryl/α,β-unsaturated/α-hetero) is 1. The van der Waals surface area contributed by atoms with Crippen LogP contribution in [-0.2, 0) is 9.59 Å². The van der Waals surface area contributed by atoms with Gasteiger partial charge in [-0.1, -0.05) is 29.8 Å². The molecule has 0 bridgehead atoms. The molecule has 2 fully saturated rings. The predicted molar refractivity (Wildman–Crippen MR) is 146 cm³/mol. The summed E-state index contributed by atoms with van der Waals surface area (Å²) in [6.45, 7) is 7.89. The summed E-state index contributed by atoms with van der Waals surface area (Å²) < 4.78 is 5.71. The van der Waals surface area contributed by atoms with Gasteiger partial charge in [0.15, 0.2) is 0 Å². The molecule has 0 aromatic heterocycles. The third-order valence-corrected chi connectivity index (χ3v) is 6.90. The topological polar surface area (TPSA) is 70.1 Å². The highest BCUT2D eigenvalue weighted by molar-refractivity contribution is 6.51. The summed E-state index contributed by atoms with van der Waals surface area (Å²) in [7, 11) is 0. The van der Waals surface area contributed by atoms with E-state index in [0.717, 1.165) is 29.9 Å². The Hall–Kier alpha value is -4.06. The number of rotatable bonds is 6. The lowest BCUT2D eigenvalue weighted by molar-refractivity contribution is -0.132. The maximum Gasteiger partial charge on any atom is 0.300 e. The van der Waals surface area contributed by atoms with Gasteiger partial charge in [0.05, 0.1) is 17.7 Å². The van der Waals surface area contributed by atoms with Crippen LogP contribution in [0.2, 0.25) is 0 Å². The van der Waals surface area contributed by atoms with E-state index in [4.69, 9.17) is 4.74 Å². The van der Waals surface area contributed by atoms with Crippen molar-refractivity contribution in [2.24, 2.45) is 0 Å². The summed E-state index contributed by atoms with van der Waals surface area (Å²) in [5.41, 5.74) is 4.03. The first kappa shape index (κ1) is 24.6. The van der Waals surface area contributed by atoms with Gasteiger partial charge in [-0.3, -0.25) is 14.5 Å². The van der Waals surface area contributed by atoms with Crippen molar-refractivity contribution in [2.45, 2.75) is 45.8 Å². The number of anilines is 2. The number of aliphatic hydroxyl groups excluding tert-OH is 1. The van der Waals surface area contributed by atoms with Crippen molar-refractivity contribution in [1.29, 1.82) is 0 Å². The van der Waals surface area contributed by atoms with E-state index in [-0.39, 0.29) is 17.4 Å². The standard InChI is InChI=1S/C31H32N2O4/c1-20(2)37-26-15-9-22(10-16-26)29(34)27-28(23-8-6-7-21(3)19-23)33(31(36)30(27)35)25-13-11-24(12-14-25)32-17-4-5-18-32/h6-16,19-20,28,34H,4-5,17-18H2,1-3H3/b29-27+. The van der Waals surface area contributed by atoms with Crippen molar-refractivity contribution in [1.82, 2.24) is 0 Å². The Morgan fingerprint density at radius 2 is 1.57 bits per heavy atom. The van der Waals surface area contributed by atoms with Gasteiger partial charge in [0.1, 0.15) is 11.5 Å². The van der Waals surface area contributed by atoms with Crippen LogP contribution < -0.4 is 14.5 Å². The summed E-state index contributed by atoms with van der Waals surface area (Å²) in [5.74, 6) is -0.880. The van der Waals surface area contributed by atoms with Crippen LogP contribution in [0.3, 0.4) is 0 Å². The van der Waals surface area contributed by atoms with Crippen LogP contribution in [0.25, 0.3) is 5.76 Å². The molecule has 0 spiro atoms. The quantitative estimate of drug-likeness (QED) is 0.257. The van der Waals surface area contributed by atoms with Gasteiger partial charge in [-0.15, -0.1) is 0 Å². The number of amides is 1. The SMILES string of the molecule is Cc1cccc(C2/C(=C(\O)c3ccc(OC(C)C)cc3)C(=O)C(=O)N2c2ccc(N3CCCC3)cc2)c1. The van der Waals surface area contributed by atoms with Gasteiger partial charge >= 0.3 is 0 Å². The Kier molecular flexibility index (Phi) is 6.74. The van der Waals surface area contributed by atoms with Gasteiger partial charge in [0.25, 0.3) is 11.7 Å². The average Bonchev–Trinajstić information content (AvgIpc) is 3.51. The minimum absolute atomic E-state index is 0.0166. The monoisotopic (exact) mass is 496 g/mol. The third-order valence-electron chi connectivity index (χ3n) is 6.90. The molecule has 0 saturated carbocycles. The van der Waals surface area contributed by atoms with E-state index in [2.05, 4.69) is 4.90 Å². The summed E-state index contributed by atoms with van der Waals surface area (Å²) in [6.07, 6.45) is 2.37. The molecular formula is C31H32N2O4. The maximum absolute atomic E-state index is 13.4. The fourth-order valence-electron chi connectivity index (χ4n) is 5.17. The van der Waals surface area contributed by atoms with Crippen molar-refractivity contribution in [3.8, 4) is 5.75 Å². The Labute approximate surface area is 217 Å². The van der Waals surface area contributed by atoms with E-state index in [1.165, 1.54) is 17.7 Å². The number of hydrogen-bond acceptors (Lipinski definition) is 5. The zero-order chi connectivity index (χ0) is 26.1. The highest BCUT2D eigenvalue weighted by Gasteiger charge is 2.47. The Morgan fingerprint density at radius 3 is 2.19 bits per heavy atom. The van der Waals surface area contributed by atoms with Gasteiger partial charge in [-0.25, -0.2) is 0 Å². The van der Waals surface area contributed by atoms with Gasteiger partial charge in [0.2, 0.25) is 0 Å². The number of aryl methyl sites for hydroxylation is 1. The summed E-state index contributed by atoms with van der Waals surface area (Å²) in [4.78, 5) is 30.7. The number of carbonyl (C=O) groups is 2. The lowest BCUT2D eigenvalue weighted by Gasteiger charge is -2.26. The summed E-state index contributed by atoms with van der Waals surface area (Å²) >= 11 is 0. The van der Waals surface area contributed by atoms with Gasteiger partial charge in [0, 0.05) is 30.0 Å². The van der Waals surface area contributed by atoms with E-state index in [0.29, 0.717) is 17.0 Å². The van der Waals surface area contributed by atoms with Crippen molar-refractivity contribution < 1.29 is 19.4 Å². The molecule has 2 aliphatic heterocycles. The molecule has 1 atom stereocenters. The fraction of sp³-hybridized carbons (Fsp3) is 0.290. The number of ketones is 1. The number of hydrogen-bond donors (Lipinski definition) is 1. The molecule has 1 unspecified atom stereocenters. The molecule has 2 saturated heterocycles. The molecule has 3 aromatic carbocycles. The molecule has 6 nitrogen and oxygen atoms in total. The van der Waals surface area contributed by atoms with E-state index in [1.807, 2.05) is 69.3 Å². The Morgan fingerprint density at radius 1 is 0.919 bits per heavy atom. The van der Waals surface area contributed by atoms with Crippen LogP contribution in [0.5, 0.6) is 5.75 Å². The molecule has 5 rings (SSSR count). The molecule has 2 heterocycles. The fourth-order valence-corrected chi connectivity index (χ4v) is 5.17. The smallest absolute Gasteiger partial charge is 0.300 e. The Balaban J connectivity index is 1.58. The summed E-state index contributed by atoms with van der Waals surface area (Å²) in [6, 6.07) is 21.7. The molecule has 0 aliphatic carbocycles. The van der Waals surface area contributed by atoms with Crippen LogP contribution >= 0.6 is 0 Å². The number of ether oxygens (including phenoxy) is 1. The molecule has 2 aliphatic rings. The third kappa shape index (κ3) is 4.84. The first-order valence-corrected chi connectivity index (χ1v) is 12.8. The number of nitrogens with zero attached hydrogens (tertiary/aromatic N) is 2. The van der Waals surface area contributed by atoms with Gasteiger partial charge in [-0.05, 0) is 87.7 Å². The van der Waals surface area contributed by atoms with Crippen LogP contribution in [0.15, 0.2) is 78.4 Å². The Bertz CT molecular complexity index is 1340. The predicted octanol–water partition coefficient (Wildman–Crippen LogP) is 6.01. The van der Waals surface area contributed by atoms with Crippen LogP contribution in [0.4, 0.5) is 11.4 Å². The second-order valence-corrected chi connectivity index (χ2v) is 9.98. The van der Waals surface area contributed by atoms with E-state index < -0.39 is 17.7 Å². The molecule has 6 heteroatoms. The van der Waals surface area contributed by atoms with Gasteiger partial charge < -0.3 is 14.7 Å². The lowest BCUT2D eigenvalue weighted by atomic mass is 9.94. The van der Waals surface area contributed by atoms with Crippen LogP contribution in [0.1, 0.15) is 49.4 Å². The zero-order valence-electron chi connectivity index (χ0n) is 21.5. The normalized spacial score (nSPS) is 19.2. The first-order valence-electron chi connectivity index (χ1n) is 12.8. The number of benzene rings is 3. The highest BCUT2D eigenvalue weighted by Crippen LogP contribution is 2.43. The molecule has 0 radical (unpaired) electrons. The van der Waals surface area contributed by atoms with Crippen molar-refractivity contribution in [3.05, 3.63) is 95.1 Å². The molecule has 37 heavy (non-hydrogen) atoms. The van der Waals surface area contributed by atoms with Crippen molar-refractivity contribution in [3.63, 3.8) is 0 Å². The second-order valence-electron chi connectivity index (χ2n) is 9.98. The van der Waals surface area contributed by atoms with Crippen molar-refractivity contribution in [2.75, 3.05) is 22.9 Å². The first-order chi connectivity index (χ1) is 17.8. The van der Waals surface area contributed by atoms with Crippen molar-refractivity contribution >= 4 is 28.8 Å². The van der Waals surface area contributed by atoms with Gasteiger partial charge in [-0.2, -0.15) is 0 Å². The number of aliphatic hydroxyl groups is 1. The largest absolute Gasteiger partial charge is 0.507 e. The van der Waals surface area contributed by atoms with E-state index in [1.54, 1.807) is 24.3 Å². The second kappa shape index (κ2) is 10.1. The molecule has 1 N–H and O–H groups in total. The molecule has 3 aromatic rings. The minimum Gasteiger partial charge on any atom is -0.507 e. The molecule has 190 valence electrons. The van der Waals surface area contributed by atoms with Crippen LogP contribution in [-0.4, -0.2) is 36.0 Å². The minimum atomic E-state index is -0.746. The maximum atomic E-state index is 13.4. The molecule has 1 amide bonds.